The third kappa shape index (κ3) is 1.84. The minimum Gasteiger partial charge on any atom is -0.385 e. The third-order valence-electron chi connectivity index (χ3n) is 2.26. The maximum Gasteiger partial charge on any atom is 0.234 e. The van der Waals surface area contributed by atoms with Gasteiger partial charge in [0.15, 0.2) is 0 Å². The van der Waals surface area contributed by atoms with E-state index in [-0.39, 0.29) is 6.04 Å². The van der Waals surface area contributed by atoms with Crippen LogP contribution in [0.15, 0.2) is 18.6 Å². The lowest BCUT2D eigenvalue weighted by Gasteiger charge is -2.10. The number of aliphatic hydroxyl groups is 1. The van der Waals surface area contributed by atoms with Crippen LogP contribution < -0.4 is 5.73 Å². The van der Waals surface area contributed by atoms with E-state index >= 15 is 0 Å². The highest BCUT2D eigenvalue weighted by molar-refractivity contribution is 5.32. The van der Waals surface area contributed by atoms with E-state index in [1.54, 1.807) is 23.7 Å². The molecule has 5 nitrogen and oxygen atoms in total. The molecule has 2 aromatic heterocycles. The molecule has 0 bridgehead atoms. The lowest BCUT2D eigenvalue weighted by atomic mass is 10.1. The van der Waals surface area contributed by atoms with E-state index in [1.807, 2.05) is 13.1 Å². The summed E-state index contributed by atoms with van der Waals surface area (Å²) in [7, 11) is 0. The molecule has 2 atom stereocenters. The smallest absolute Gasteiger partial charge is 0.234 e. The molecule has 0 spiro atoms. The first-order valence-corrected chi connectivity index (χ1v) is 4.83. The Kier molecular flexibility index (Phi) is 2.42. The van der Waals surface area contributed by atoms with Gasteiger partial charge in [-0.15, -0.1) is 0 Å². The highest BCUT2D eigenvalue weighted by atomic mass is 16.3. The van der Waals surface area contributed by atoms with E-state index in [1.165, 1.54) is 0 Å². The summed E-state index contributed by atoms with van der Waals surface area (Å²) in [6.07, 6.45) is 4.66. The molecule has 0 saturated carbocycles. The van der Waals surface area contributed by atoms with Gasteiger partial charge in [0.2, 0.25) is 5.78 Å². The molecule has 2 unspecified atom stereocenters. The maximum atomic E-state index is 9.74. The van der Waals surface area contributed by atoms with Crippen molar-refractivity contribution in [3.8, 4) is 0 Å². The fraction of sp³-hybridized carbons (Fsp3) is 0.400. The molecule has 15 heavy (non-hydrogen) atoms. The Morgan fingerprint density at radius 3 is 2.87 bits per heavy atom. The minimum atomic E-state index is -0.744. The van der Waals surface area contributed by atoms with Crippen LogP contribution in [0.5, 0.6) is 0 Å². The second-order valence-corrected chi connectivity index (χ2v) is 3.81. The summed E-state index contributed by atoms with van der Waals surface area (Å²) in [5.74, 6) is 0.579. The average molecular weight is 206 g/mol. The molecule has 0 aliphatic rings. The van der Waals surface area contributed by atoms with Gasteiger partial charge in [-0.25, -0.2) is 9.97 Å². The summed E-state index contributed by atoms with van der Waals surface area (Å²) < 4.78 is 1.79. The number of fused-ring (bicyclic) bond motifs is 1. The zero-order chi connectivity index (χ0) is 11.0. The second kappa shape index (κ2) is 3.60. The molecule has 0 aliphatic carbocycles. The van der Waals surface area contributed by atoms with Crippen LogP contribution in [0.25, 0.3) is 5.78 Å². The molecule has 5 heteroatoms. The average Bonchev–Trinajstić information content (AvgIpc) is 2.58. The van der Waals surface area contributed by atoms with Crippen molar-refractivity contribution in [3.05, 3.63) is 29.8 Å². The van der Waals surface area contributed by atoms with Crippen molar-refractivity contribution in [2.45, 2.75) is 26.0 Å². The van der Waals surface area contributed by atoms with Crippen molar-refractivity contribution < 1.29 is 5.11 Å². The molecule has 2 aromatic rings. The molecule has 0 radical (unpaired) electrons. The number of hydrogen-bond acceptors (Lipinski definition) is 4. The van der Waals surface area contributed by atoms with Gasteiger partial charge in [0.1, 0.15) is 6.10 Å². The fourth-order valence-electron chi connectivity index (χ4n) is 1.42. The molecule has 0 aliphatic heterocycles. The van der Waals surface area contributed by atoms with Crippen molar-refractivity contribution in [1.29, 1.82) is 0 Å². The molecular formula is C10H14N4O. The zero-order valence-corrected chi connectivity index (χ0v) is 8.75. The topological polar surface area (TPSA) is 76.4 Å². The first-order valence-electron chi connectivity index (χ1n) is 4.83. The molecule has 0 amide bonds. The Bertz CT molecular complexity index is 477. The van der Waals surface area contributed by atoms with Crippen LogP contribution in [0.3, 0.4) is 0 Å². The summed E-state index contributed by atoms with van der Waals surface area (Å²) in [6.45, 7) is 3.70. The van der Waals surface area contributed by atoms with Crippen molar-refractivity contribution >= 4 is 5.78 Å². The van der Waals surface area contributed by atoms with E-state index < -0.39 is 6.10 Å². The lowest BCUT2D eigenvalue weighted by Crippen LogP contribution is -2.24. The van der Waals surface area contributed by atoms with E-state index in [0.717, 1.165) is 5.56 Å². The van der Waals surface area contributed by atoms with Gasteiger partial charge in [0.05, 0.1) is 5.69 Å². The van der Waals surface area contributed by atoms with E-state index in [9.17, 15) is 5.11 Å². The van der Waals surface area contributed by atoms with Crippen LogP contribution in [-0.2, 0) is 0 Å². The third-order valence-corrected chi connectivity index (χ3v) is 2.26. The van der Waals surface area contributed by atoms with Gasteiger partial charge in [-0.05, 0) is 19.4 Å². The molecule has 2 heterocycles. The predicted octanol–water partition coefficient (Wildman–Crippen LogP) is 0.418. The highest BCUT2D eigenvalue weighted by Crippen LogP contribution is 2.14. The van der Waals surface area contributed by atoms with Gasteiger partial charge in [-0.1, -0.05) is 0 Å². The predicted molar refractivity (Wildman–Crippen MR) is 56.3 cm³/mol. The molecule has 80 valence electrons. The quantitative estimate of drug-likeness (QED) is 0.746. The number of nitrogens with two attached hydrogens (primary N) is 1. The lowest BCUT2D eigenvalue weighted by molar-refractivity contribution is 0.149. The van der Waals surface area contributed by atoms with Gasteiger partial charge in [0, 0.05) is 24.6 Å². The number of imidazole rings is 1. The SMILES string of the molecule is Cc1cnc2nc(C(O)C(C)N)cn2c1. The summed E-state index contributed by atoms with van der Waals surface area (Å²) >= 11 is 0. The first-order chi connectivity index (χ1) is 7.08. The Hall–Kier alpha value is -1.46. The van der Waals surface area contributed by atoms with Gasteiger partial charge >= 0.3 is 0 Å². The monoisotopic (exact) mass is 206 g/mol. The van der Waals surface area contributed by atoms with Gasteiger partial charge in [-0.3, -0.25) is 4.40 Å². The highest BCUT2D eigenvalue weighted by Gasteiger charge is 2.16. The summed E-state index contributed by atoms with van der Waals surface area (Å²) in [5.41, 5.74) is 7.20. The van der Waals surface area contributed by atoms with Gasteiger partial charge in [0.25, 0.3) is 0 Å². The van der Waals surface area contributed by atoms with Crippen LogP contribution in [0, 0.1) is 6.92 Å². The Labute approximate surface area is 87.6 Å². The van der Waals surface area contributed by atoms with Gasteiger partial charge in [-0.2, -0.15) is 0 Å². The Morgan fingerprint density at radius 1 is 1.47 bits per heavy atom. The number of nitrogens with zero attached hydrogens (tertiary/aromatic N) is 3. The molecule has 2 rings (SSSR count). The zero-order valence-electron chi connectivity index (χ0n) is 8.75. The normalized spacial score (nSPS) is 15.5. The number of aliphatic hydroxyl groups excluding tert-OH is 1. The van der Waals surface area contributed by atoms with E-state index in [2.05, 4.69) is 9.97 Å². The maximum absolute atomic E-state index is 9.74. The van der Waals surface area contributed by atoms with Gasteiger partial charge < -0.3 is 10.8 Å². The molecule has 3 N–H and O–H groups in total. The standard InChI is InChI=1S/C10H14N4O/c1-6-3-12-10-13-8(5-14(10)4-6)9(15)7(2)11/h3-5,7,9,15H,11H2,1-2H3. The number of aromatic nitrogens is 3. The summed E-state index contributed by atoms with van der Waals surface area (Å²) in [6, 6.07) is -0.337. The fourth-order valence-corrected chi connectivity index (χ4v) is 1.42. The second-order valence-electron chi connectivity index (χ2n) is 3.81. The van der Waals surface area contributed by atoms with E-state index in [0.29, 0.717) is 11.5 Å². The van der Waals surface area contributed by atoms with Crippen LogP contribution >= 0.6 is 0 Å². The van der Waals surface area contributed by atoms with Crippen LogP contribution in [0.1, 0.15) is 24.3 Å². The molecule has 0 fully saturated rings. The largest absolute Gasteiger partial charge is 0.385 e. The van der Waals surface area contributed by atoms with Crippen molar-refractivity contribution in [3.63, 3.8) is 0 Å². The Morgan fingerprint density at radius 2 is 2.20 bits per heavy atom. The number of rotatable bonds is 2. The minimum absolute atomic E-state index is 0.337. The first kappa shape index (κ1) is 10.1. The summed E-state index contributed by atoms with van der Waals surface area (Å²) in [5, 5.41) is 9.74. The van der Waals surface area contributed by atoms with Crippen LogP contribution in [-0.4, -0.2) is 25.5 Å². The van der Waals surface area contributed by atoms with Crippen LogP contribution in [0.2, 0.25) is 0 Å². The van der Waals surface area contributed by atoms with E-state index in [4.69, 9.17) is 5.73 Å². The number of aryl methyl sites for hydroxylation is 1. The Balaban J connectivity index is 2.47. The number of hydrogen-bond donors (Lipinski definition) is 2. The van der Waals surface area contributed by atoms with Crippen LogP contribution in [0.4, 0.5) is 0 Å². The summed E-state index contributed by atoms with van der Waals surface area (Å²) in [4.78, 5) is 8.34. The van der Waals surface area contributed by atoms with Crippen molar-refractivity contribution in [1.82, 2.24) is 14.4 Å². The molecular weight excluding hydrogens is 192 g/mol. The van der Waals surface area contributed by atoms with Crippen molar-refractivity contribution in [2.24, 2.45) is 5.73 Å². The van der Waals surface area contributed by atoms with Crippen molar-refractivity contribution in [2.75, 3.05) is 0 Å². The molecule has 0 aromatic carbocycles. The molecule has 0 saturated heterocycles.